The summed E-state index contributed by atoms with van der Waals surface area (Å²) in [5.41, 5.74) is 7.12. The van der Waals surface area contributed by atoms with Crippen LogP contribution in [-0.4, -0.2) is 25.8 Å². The molecule has 1 aromatic carbocycles. The Kier molecular flexibility index (Phi) is 4.39. The van der Waals surface area contributed by atoms with Gasteiger partial charge in [0.05, 0.1) is 18.9 Å². The molecule has 84 valence electrons. The van der Waals surface area contributed by atoms with Gasteiger partial charge in [0.25, 0.3) is 0 Å². The Morgan fingerprint density at radius 2 is 2.27 bits per heavy atom. The van der Waals surface area contributed by atoms with Gasteiger partial charge in [0.2, 0.25) is 0 Å². The number of benzene rings is 1. The first-order chi connectivity index (χ1) is 7.19. The van der Waals surface area contributed by atoms with Crippen molar-refractivity contribution >= 4 is 5.69 Å². The predicted molar refractivity (Wildman–Crippen MR) is 60.9 cm³/mol. The Bertz CT molecular complexity index is 315. The number of hydrogen-bond donors (Lipinski definition) is 3. The molecule has 0 aliphatic carbocycles. The Labute approximate surface area is 90.1 Å². The minimum Gasteiger partial charge on any atom is -0.495 e. The van der Waals surface area contributed by atoms with Gasteiger partial charge in [-0.3, -0.25) is 0 Å². The predicted octanol–water partition coefficient (Wildman–Crippen LogP) is 0.920. The summed E-state index contributed by atoms with van der Waals surface area (Å²) in [5.74, 6) is 0.638. The first-order valence-corrected chi connectivity index (χ1v) is 4.95. The highest BCUT2D eigenvalue weighted by Gasteiger charge is 2.08. The van der Waals surface area contributed by atoms with E-state index in [-0.39, 0.29) is 0 Å². The van der Waals surface area contributed by atoms with Crippen molar-refractivity contribution < 1.29 is 9.84 Å². The van der Waals surface area contributed by atoms with Crippen LogP contribution in [-0.2, 0) is 0 Å². The van der Waals surface area contributed by atoms with Crippen molar-refractivity contribution in [2.24, 2.45) is 0 Å². The molecule has 0 saturated carbocycles. The first-order valence-electron chi connectivity index (χ1n) is 4.95. The largest absolute Gasteiger partial charge is 0.495 e. The Hall–Kier alpha value is -1.26. The van der Waals surface area contributed by atoms with Crippen LogP contribution in [0.4, 0.5) is 5.69 Å². The van der Waals surface area contributed by atoms with Crippen LogP contribution in [0.1, 0.15) is 18.1 Å². The summed E-state index contributed by atoms with van der Waals surface area (Å²) in [5, 5.41) is 12.8. The number of aliphatic hydroxyl groups excluding tert-OH is 1. The van der Waals surface area contributed by atoms with Crippen molar-refractivity contribution in [1.29, 1.82) is 0 Å². The summed E-state index contributed by atoms with van der Waals surface area (Å²) in [6.07, 6.45) is 0.188. The van der Waals surface area contributed by atoms with Gasteiger partial charge in [-0.05, 0) is 37.7 Å². The monoisotopic (exact) mass is 210 g/mol. The standard InChI is InChI=1S/C11H18N2O2/c1-13-6-5-10(14)8-3-4-11(15-2)9(12)7-8/h3-4,7,10,13-14H,5-6,12H2,1-2H3. The number of nitrogens with one attached hydrogen (secondary N) is 1. The van der Waals surface area contributed by atoms with Crippen LogP contribution in [0.25, 0.3) is 0 Å². The van der Waals surface area contributed by atoms with Gasteiger partial charge in [0.1, 0.15) is 5.75 Å². The fourth-order valence-corrected chi connectivity index (χ4v) is 1.41. The van der Waals surface area contributed by atoms with Crippen LogP contribution in [0.2, 0.25) is 0 Å². The summed E-state index contributed by atoms with van der Waals surface area (Å²) >= 11 is 0. The molecule has 1 aromatic rings. The summed E-state index contributed by atoms with van der Waals surface area (Å²) in [6.45, 7) is 0.771. The molecule has 1 unspecified atom stereocenters. The van der Waals surface area contributed by atoms with E-state index in [9.17, 15) is 5.11 Å². The van der Waals surface area contributed by atoms with Gasteiger partial charge >= 0.3 is 0 Å². The highest BCUT2D eigenvalue weighted by molar-refractivity contribution is 5.54. The van der Waals surface area contributed by atoms with E-state index >= 15 is 0 Å². The van der Waals surface area contributed by atoms with Gasteiger partial charge in [-0.1, -0.05) is 6.07 Å². The minimum atomic E-state index is -0.481. The number of nitrogens with two attached hydrogens (primary N) is 1. The molecule has 0 radical (unpaired) electrons. The molecule has 0 spiro atoms. The molecule has 0 aliphatic heterocycles. The van der Waals surface area contributed by atoms with Crippen molar-refractivity contribution in [2.45, 2.75) is 12.5 Å². The summed E-state index contributed by atoms with van der Waals surface area (Å²) in [7, 11) is 3.43. The lowest BCUT2D eigenvalue weighted by atomic mass is 10.1. The molecule has 4 nitrogen and oxygen atoms in total. The number of methoxy groups -OCH3 is 1. The summed E-state index contributed by atoms with van der Waals surface area (Å²) in [6, 6.07) is 5.35. The van der Waals surface area contributed by atoms with Crippen LogP contribution in [0.5, 0.6) is 5.75 Å². The van der Waals surface area contributed by atoms with Crippen LogP contribution in [0, 0.1) is 0 Å². The van der Waals surface area contributed by atoms with E-state index in [0.29, 0.717) is 17.9 Å². The minimum absolute atomic E-state index is 0.481. The third-order valence-corrected chi connectivity index (χ3v) is 2.31. The second kappa shape index (κ2) is 5.58. The molecular formula is C11H18N2O2. The molecule has 0 heterocycles. The van der Waals surface area contributed by atoms with E-state index in [2.05, 4.69) is 5.32 Å². The van der Waals surface area contributed by atoms with Crippen molar-refractivity contribution in [3.8, 4) is 5.75 Å². The van der Waals surface area contributed by atoms with Crippen molar-refractivity contribution in [3.05, 3.63) is 23.8 Å². The molecule has 0 fully saturated rings. The van der Waals surface area contributed by atoms with Crippen LogP contribution < -0.4 is 15.8 Å². The van der Waals surface area contributed by atoms with Crippen molar-refractivity contribution in [3.63, 3.8) is 0 Å². The van der Waals surface area contributed by atoms with Gasteiger partial charge in [0.15, 0.2) is 0 Å². The van der Waals surface area contributed by atoms with E-state index in [1.54, 1.807) is 19.2 Å². The van der Waals surface area contributed by atoms with Gasteiger partial charge in [-0.25, -0.2) is 0 Å². The summed E-state index contributed by atoms with van der Waals surface area (Å²) < 4.78 is 5.04. The highest BCUT2D eigenvalue weighted by Crippen LogP contribution is 2.26. The van der Waals surface area contributed by atoms with E-state index in [1.165, 1.54) is 0 Å². The summed E-state index contributed by atoms with van der Waals surface area (Å²) in [4.78, 5) is 0. The Morgan fingerprint density at radius 1 is 1.53 bits per heavy atom. The normalized spacial score (nSPS) is 12.5. The average Bonchev–Trinajstić information content (AvgIpc) is 2.25. The molecule has 0 saturated heterocycles. The Balaban J connectivity index is 2.73. The Morgan fingerprint density at radius 3 is 2.80 bits per heavy atom. The van der Waals surface area contributed by atoms with E-state index in [0.717, 1.165) is 12.1 Å². The zero-order chi connectivity index (χ0) is 11.3. The van der Waals surface area contributed by atoms with Gasteiger partial charge in [0, 0.05) is 0 Å². The zero-order valence-corrected chi connectivity index (χ0v) is 9.16. The number of nitrogen functional groups attached to an aromatic ring is 1. The number of ether oxygens (including phenoxy) is 1. The van der Waals surface area contributed by atoms with Crippen molar-refractivity contribution in [2.75, 3.05) is 26.4 Å². The highest BCUT2D eigenvalue weighted by atomic mass is 16.5. The van der Waals surface area contributed by atoms with Gasteiger partial charge < -0.3 is 20.9 Å². The molecular weight excluding hydrogens is 192 g/mol. The lowest BCUT2D eigenvalue weighted by Gasteiger charge is -2.12. The topological polar surface area (TPSA) is 67.5 Å². The SMILES string of the molecule is CNCCC(O)c1ccc(OC)c(N)c1. The maximum atomic E-state index is 9.80. The van der Waals surface area contributed by atoms with E-state index < -0.39 is 6.10 Å². The quantitative estimate of drug-likeness (QED) is 0.632. The van der Waals surface area contributed by atoms with Gasteiger partial charge in [-0.15, -0.1) is 0 Å². The smallest absolute Gasteiger partial charge is 0.141 e. The third kappa shape index (κ3) is 3.11. The van der Waals surface area contributed by atoms with E-state index in [1.807, 2.05) is 13.1 Å². The number of anilines is 1. The molecule has 0 amide bonds. The molecule has 0 aliphatic rings. The molecule has 1 atom stereocenters. The molecule has 0 aromatic heterocycles. The van der Waals surface area contributed by atoms with Crippen LogP contribution >= 0.6 is 0 Å². The van der Waals surface area contributed by atoms with Gasteiger partial charge in [-0.2, -0.15) is 0 Å². The fourth-order valence-electron chi connectivity index (χ4n) is 1.41. The zero-order valence-electron chi connectivity index (χ0n) is 9.16. The lowest BCUT2D eigenvalue weighted by Crippen LogP contribution is -2.12. The second-order valence-corrected chi connectivity index (χ2v) is 3.41. The number of aliphatic hydroxyl groups is 1. The molecule has 1 rings (SSSR count). The maximum absolute atomic E-state index is 9.80. The maximum Gasteiger partial charge on any atom is 0.141 e. The number of hydrogen-bond acceptors (Lipinski definition) is 4. The fraction of sp³-hybridized carbons (Fsp3) is 0.455. The molecule has 4 heteroatoms. The third-order valence-electron chi connectivity index (χ3n) is 2.31. The van der Waals surface area contributed by atoms with Crippen LogP contribution in [0.3, 0.4) is 0 Å². The second-order valence-electron chi connectivity index (χ2n) is 3.41. The number of rotatable bonds is 5. The molecule has 15 heavy (non-hydrogen) atoms. The average molecular weight is 210 g/mol. The lowest BCUT2D eigenvalue weighted by molar-refractivity contribution is 0.167. The first kappa shape index (κ1) is 11.8. The molecule has 0 bridgehead atoms. The van der Waals surface area contributed by atoms with Crippen LogP contribution in [0.15, 0.2) is 18.2 Å². The van der Waals surface area contributed by atoms with Crippen molar-refractivity contribution in [1.82, 2.24) is 5.32 Å². The van der Waals surface area contributed by atoms with E-state index in [4.69, 9.17) is 10.5 Å². The molecule has 4 N–H and O–H groups in total.